The Bertz CT molecular complexity index is 1200. The summed E-state index contributed by atoms with van der Waals surface area (Å²) in [5, 5.41) is 19.4. The molecule has 0 fully saturated rings. The summed E-state index contributed by atoms with van der Waals surface area (Å²) in [7, 11) is 0. The number of pyridine rings is 2. The second-order valence-electron chi connectivity index (χ2n) is 6.40. The number of carbonyl (C=O) groups is 1. The minimum Gasteiger partial charge on any atom is -0.476 e. The van der Waals surface area contributed by atoms with Crippen LogP contribution in [0, 0.1) is 6.92 Å². The summed E-state index contributed by atoms with van der Waals surface area (Å²) in [6.07, 6.45) is 7.14. The van der Waals surface area contributed by atoms with Crippen LogP contribution < -0.4 is 0 Å². The number of hydrogen-bond donors (Lipinski definition) is 1. The molecule has 142 valence electrons. The number of rotatable bonds is 5. The number of carboxylic acid groups (broad SMARTS) is 1. The molecule has 4 aromatic rings. The monoisotopic (exact) mass is 396 g/mol. The van der Waals surface area contributed by atoms with Gasteiger partial charge in [0.05, 0.1) is 34.9 Å². The Balaban J connectivity index is 1.73. The Labute approximate surface area is 165 Å². The molecule has 0 aromatic carbocycles. The van der Waals surface area contributed by atoms with Crippen LogP contribution in [0.3, 0.4) is 0 Å². The van der Waals surface area contributed by atoms with Crippen molar-refractivity contribution in [3.05, 3.63) is 64.5 Å². The van der Waals surface area contributed by atoms with Crippen LogP contribution in [-0.4, -0.2) is 40.6 Å². The van der Waals surface area contributed by atoms with Crippen LogP contribution in [0.2, 0.25) is 5.02 Å². The van der Waals surface area contributed by atoms with Crippen LogP contribution in [0.15, 0.2) is 36.9 Å². The largest absolute Gasteiger partial charge is 0.476 e. The fourth-order valence-corrected chi connectivity index (χ4v) is 3.47. The first-order chi connectivity index (χ1) is 13.5. The van der Waals surface area contributed by atoms with Crippen LogP contribution in [0.1, 0.15) is 34.2 Å². The lowest BCUT2D eigenvalue weighted by Gasteiger charge is -2.10. The van der Waals surface area contributed by atoms with E-state index in [9.17, 15) is 9.90 Å². The van der Waals surface area contributed by atoms with Crippen molar-refractivity contribution in [3.63, 3.8) is 0 Å². The molecule has 0 radical (unpaired) electrons. The van der Waals surface area contributed by atoms with Crippen molar-refractivity contribution in [2.75, 3.05) is 0 Å². The lowest BCUT2D eigenvalue weighted by molar-refractivity contribution is 0.0693. The van der Waals surface area contributed by atoms with E-state index in [0.29, 0.717) is 34.7 Å². The predicted octanol–water partition coefficient (Wildman–Crippen LogP) is 3.28. The lowest BCUT2D eigenvalue weighted by atomic mass is 10.1. The average molecular weight is 397 g/mol. The number of hydrogen-bond acceptors (Lipinski definition) is 5. The highest BCUT2D eigenvalue weighted by Crippen LogP contribution is 2.23. The molecule has 28 heavy (non-hydrogen) atoms. The van der Waals surface area contributed by atoms with Gasteiger partial charge in [-0.05, 0) is 36.6 Å². The minimum absolute atomic E-state index is 0.0285. The highest BCUT2D eigenvalue weighted by atomic mass is 35.5. The molecule has 0 unspecified atom stereocenters. The van der Waals surface area contributed by atoms with Gasteiger partial charge in [0.25, 0.3) is 0 Å². The molecule has 9 heteroatoms. The lowest BCUT2D eigenvalue weighted by Crippen LogP contribution is -2.09. The van der Waals surface area contributed by atoms with Crippen LogP contribution in [0.25, 0.3) is 16.7 Å². The molecule has 0 aliphatic heterocycles. The first kappa shape index (κ1) is 18.1. The van der Waals surface area contributed by atoms with Gasteiger partial charge in [0.2, 0.25) is 0 Å². The van der Waals surface area contributed by atoms with Crippen molar-refractivity contribution in [1.82, 2.24) is 29.5 Å². The van der Waals surface area contributed by atoms with Crippen molar-refractivity contribution in [1.29, 1.82) is 0 Å². The Morgan fingerprint density at radius 1 is 1.29 bits per heavy atom. The van der Waals surface area contributed by atoms with E-state index in [-0.39, 0.29) is 5.69 Å². The summed E-state index contributed by atoms with van der Waals surface area (Å²) in [5.74, 6) is -0.353. The second kappa shape index (κ2) is 7.05. The maximum Gasteiger partial charge on any atom is 0.355 e. The number of nitrogens with zero attached hydrogens (tertiary/aromatic N) is 6. The number of aryl methyl sites for hydroxylation is 2. The number of carboxylic acids is 1. The zero-order chi connectivity index (χ0) is 19.8. The van der Waals surface area contributed by atoms with Crippen molar-refractivity contribution < 1.29 is 9.90 Å². The first-order valence-electron chi connectivity index (χ1n) is 8.71. The van der Waals surface area contributed by atoms with Crippen LogP contribution >= 0.6 is 11.6 Å². The molecule has 4 rings (SSSR count). The van der Waals surface area contributed by atoms with Crippen LogP contribution in [-0.2, 0) is 13.0 Å². The number of halogens is 1. The standard InChI is InChI=1S/C19H17ClN6O2/c1-3-15-16-14(4-5-21-17(16)19(27)28)24-25(15)9-12-6-11(2)18(22-7-12)26-10-13(20)8-23-26/h4-8,10H,3,9H2,1-2H3,(H,27,28). The van der Waals surface area contributed by atoms with E-state index in [1.165, 1.54) is 6.20 Å². The van der Waals surface area contributed by atoms with E-state index < -0.39 is 5.97 Å². The molecule has 0 aliphatic carbocycles. The molecule has 0 atom stereocenters. The Morgan fingerprint density at radius 2 is 2.11 bits per heavy atom. The van der Waals surface area contributed by atoms with Gasteiger partial charge in [-0.15, -0.1) is 0 Å². The topological polar surface area (TPSA) is 98.7 Å². The molecule has 1 N–H and O–H groups in total. The summed E-state index contributed by atoms with van der Waals surface area (Å²) < 4.78 is 3.45. The van der Waals surface area contributed by atoms with Crippen LogP contribution in [0.4, 0.5) is 0 Å². The molecule has 4 heterocycles. The number of fused-ring (bicyclic) bond motifs is 1. The third kappa shape index (κ3) is 3.11. The third-order valence-electron chi connectivity index (χ3n) is 4.50. The smallest absolute Gasteiger partial charge is 0.355 e. The van der Waals surface area contributed by atoms with E-state index in [2.05, 4.69) is 20.2 Å². The van der Waals surface area contributed by atoms with Gasteiger partial charge in [-0.3, -0.25) is 4.68 Å². The molecule has 0 saturated heterocycles. The SMILES string of the molecule is CCc1c2c(C(=O)O)nccc2nn1Cc1cnc(-n2cc(Cl)cn2)c(C)c1. The van der Waals surface area contributed by atoms with E-state index >= 15 is 0 Å². The average Bonchev–Trinajstić information content (AvgIpc) is 3.24. The first-order valence-corrected chi connectivity index (χ1v) is 9.09. The molecule has 0 spiro atoms. The van der Waals surface area contributed by atoms with E-state index in [1.54, 1.807) is 29.3 Å². The van der Waals surface area contributed by atoms with Gasteiger partial charge in [-0.2, -0.15) is 10.2 Å². The molecule has 8 nitrogen and oxygen atoms in total. The van der Waals surface area contributed by atoms with Crippen LogP contribution in [0.5, 0.6) is 0 Å². The normalized spacial score (nSPS) is 11.2. The summed E-state index contributed by atoms with van der Waals surface area (Å²) >= 11 is 5.94. The molecule has 0 saturated carbocycles. The van der Waals surface area contributed by atoms with Gasteiger partial charge in [0, 0.05) is 18.1 Å². The molecule has 0 amide bonds. The summed E-state index contributed by atoms with van der Waals surface area (Å²) in [6.45, 7) is 4.40. The minimum atomic E-state index is -1.06. The van der Waals surface area contributed by atoms with Gasteiger partial charge >= 0.3 is 5.97 Å². The maximum absolute atomic E-state index is 11.5. The number of aromatic carboxylic acids is 1. The summed E-state index contributed by atoms with van der Waals surface area (Å²) in [6, 6.07) is 3.74. The fraction of sp³-hybridized carbons (Fsp3) is 0.211. The quantitative estimate of drug-likeness (QED) is 0.555. The van der Waals surface area contributed by atoms with E-state index in [0.717, 1.165) is 16.8 Å². The van der Waals surface area contributed by atoms with Crippen molar-refractivity contribution in [2.45, 2.75) is 26.8 Å². The number of aromatic nitrogens is 6. The Morgan fingerprint density at radius 3 is 2.75 bits per heavy atom. The van der Waals surface area contributed by atoms with Gasteiger partial charge in [-0.25, -0.2) is 19.4 Å². The van der Waals surface area contributed by atoms with Gasteiger partial charge < -0.3 is 5.11 Å². The van der Waals surface area contributed by atoms with Crippen molar-refractivity contribution in [2.24, 2.45) is 0 Å². The summed E-state index contributed by atoms with van der Waals surface area (Å²) in [4.78, 5) is 20.1. The molecule has 4 aromatic heterocycles. The Hall–Kier alpha value is -3.26. The van der Waals surface area contributed by atoms with E-state index in [1.807, 2.05) is 24.6 Å². The Kier molecular flexibility index (Phi) is 4.56. The highest BCUT2D eigenvalue weighted by Gasteiger charge is 2.19. The molecular weight excluding hydrogens is 380 g/mol. The fourth-order valence-electron chi connectivity index (χ4n) is 3.33. The van der Waals surface area contributed by atoms with Gasteiger partial charge in [-0.1, -0.05) is 18.5 Å². The zero-order valence-corrected chi connectivity index (χ0v) is 16.1. The molecular formula is C19H17ClN6O2. The van der Waals surface area contributed by atoms with Gasteiger partial charge in [0.15, 0.2) is 11.5 Å². The highest BCUT2D eigenvalue weighted by molar-refractivity contribution is 6.30. The van der Waals surface area contributed by atoms with Gasteiger partial charge in [0.1, 0.15) is 0 Å². The predicted molar refractivity (Wildman–Crippen MR) is 104 cm³/mol. The maximum atomic E-state index is 11.5. The second-order valence-corrected chi connectivity index (χ2v) is 6.84. The molecule has 0 bridgehead atoms. The third-order valence-corrected chi connectivity index (χ3v) is 4.70. The van der Waals surface area contributed by atoms with Crippen molar-refractivity contribution in [3.8, 4) is 5.82 Å². The zero-order valence-electron chi connectivity index (χ0n) is 15.3. The summed E-state index contributed by atoms with van der Waals surface area (Å²) in [5.41, 5.74) is 3.38. The van der Waals surface area contributed by atoms with Crippen molar-refractivity contribution >= 4 is 28.5 Å². The van der Waals surface area contributed by atoms with E-state index in [4.69, 9.17) is 11.6 Å². The molecule has 0 aliphatic rings.